The first-order chi connectivity index (χ1) is 16.9. The van der Waals surface area contributed by atoms with E-state index in [9.17, 15) is 13.2 Å². The van der Waals surface area contributed by atoms with Crippen molar-refractivity contribution in [3.05, 3.63) is 89.2 Å². The average molecular weight is 494 g/mol. The van der Waals surface area contributed by atoms with E-state index in [1.807, 2.05) is 24.3 Å². The van der Waals surface area contributed by atoms with Crippen molar-refractivity contribution in [2.45, 2.75) is 12.7 Å². The molecular formula is C24H15ClF3N7. The number of rotatable bonds is 4. The standard InChI is InChI=1S/C24H15ClF3N7/c25-19-9-16(21-7-8-30-34(21)13-15-3-1-2-4-18(15)24(26,27)28)10-22-23(19)32-33-35(22)17-6-5-14-12-29-31-20(14)11-17/h1-12H,13H2,(H,29,31). The Morgan fingerprint density at radius 2 is 1.86 bits per heavy atom. The van der Waals surface area contributed by atoms with Crippen LogP contribution in [-0.4, -0.2) is 35.0 Å². The first-order valence-electron chi connectivity index (χ1n) is 10.5. The third-order valence-electron chi connectivity index (χ3n) is 5.83. The highest BCUT2D eigenvalue weighted by atomic mass is 35.5. The van der Waals surface area contributed by atoms with Gasteiger partial charge in [-0.1, -0.05) is 35.0 Å². The molecule has 3 aromatic heterocycles. The predicted molar refractivity (Wildman–Crippen MR) is 125 cm³/mol. The lowest BCUT2D eigenvalue weighted by atomic mass is 10.1. The average Bonchev–Trinajstić information content (AvgIpc) is 3.57. The topological polar surface area (TPSA) is 77.2 Å². The Bertz CT molecular complexity index is 1700. The van der Waals surface area contributed by atoms with E-state index >= 15 is 0 Å². The third-order valence-corrected chi connectivity index (χ3v) is 6.12. The molecular weight excluding hydrogens is 479 g/mol. The number of alkyl halides is 3. The molecule has 6 aromatic rings. The van der Waals surface area contributed by atoms with Crippen LogP contribution in [0.5, 0.6) is 0 Å². The van der Waals surface area contributed by atoms with Gasteiger partial charge in [0.2, 0.25) is 0 Å². The van der Waals surface area contributed by atoms with E-state index in [4.69, 9.17) is 11.6 Å². The normalized spacial score (nSPS) is 12.1. The van der Waals surface area contributed by atoms with Crippen LogP contribution >= 0.6 is 11.6 Å². The Morgan fingerprint density at radius 1 is 1.00 bits per heavy atom. The van der Waals surface area contributed by atoms with Crippen LogP contribution in [0.3, 0.4) is 0 Å². The molecule has 35 heavy (non-hydrogen) atoms. The van der Waals surface area contributed by atoms with Gasteiger partial charge in [0.25, 0.3) is 0 Å². The minimum absolute atomic E-state index is 0.0539. The van der Waals surface area contributed by atoms with Crippen molar-refractivity contribution in [1.29, 1.82) is 0 Å². The second-order valence-electron chi connectivity index (χ2n) is 8.00. The highest BCUT2D eigenvalue weighted by Crippen LogP contribution is 2.34. The molecule has 0 saturated heterocycles. The Hall–Kier alpha value is -4.18. The summed E-state index contributed by atoms with van der Waals surface area (Å²) in [6.45, 7) is -0.0539. The zero-order valence-corrected chi connectivity index (χ0v) is 18.6. The molecule has 0 bridgehead atoms. The molecule has 0 aliphatic rings. The SMILES string of the molecule is FC(F)(F)c1ccccc1Cn1nccc1-c1cc(Cl)c2nnn(-c3ccc4cn[nH]c4c3)c2c1. The molecule has 0 saturated carbocycles. The van der Waals surface area contributed by atoms with Gasteiger partial charge in [-0.05, 0) is 48.0 Å². The molecule has 11 heteroatoms. The van der Waals surface area contributed by atoms with E-state index in [1.54, 1.807) is 35.3 Å². The summed E-state index contributed by atoms with van der Waals surface area (Å²) in [6, 6.07) is 16.5. The Kier molecular flexibility index (Phi) is 4.85. The van der Waals surface area contributed by atoms with E-state index in [0.717, 1.165) is 22.7 Å². The van der Waals surface area contributed by atoms with Gasteiger partial charge in [-0.15, -0.1) is 5.10 Å². The van der Waals surface area contributed by atoms with Crippen LogP contribution in [0.25, 0.3) is 38.9 Å². The zero-order chi connectivity index (χ0) is 24.2. The van der Waals surface area contributed by atoms with Gasteiger partial charge in [-0.3, -0.25) is 9.78 Å². The van der Waals surface area contributed by atoms with Crippen molar-refractivity contribution >= 4 is 33.5 Å². The van der Waals surface area contributed by atoms with E-state index in [0.29, 0.717) is 27.3 Å². The van der Waals surface area contributed by atoms with Crippen molar-refractivity contribution < 1.29 is 13.2 Å². The molecule has 3 heterocycles. The second-order valence-corrected chi connectivity index (χ2v) is 8.40. The van der Waals surface area contributed by atoms with Gasteiger partial charge in [0.1, 0.15) is 5.52 Å². The Labute approximate surface area is 200 Å². The number of nitrogens with zero attached hydrogens (tertiary/aromatic N) is 6. The molecule has 0 spiro atoms. The smallest absolute Gasteiger partial charge is 0.278 e. The summed E-state index contributed by atoms with van der Waals surface area (Å²) in [6.07, 6.45) is -1.18. The van der Waals surface area contributed by atoms with Gasteiger partial charge in [0, 0.05) is 17.1 Å². The number of fused-ring (bicyclic) bond motifs is 2. The minimum Gasteiger partial charge on any atom is -0.278 e. The van der Waals surface area contributed by atoms with E-state index in [-0.39, 0.29) is 12.1 Å². The molecule has 0 radical (unpaired) electrons. The van der Waals surface area contributed by atoms with E-state index in [1.165, 1.54) is 16.8 Å². The number of H-pyrrole nitrogens is 1. The van der Waals surface area contributed by atoms with Crippen LogP contribution in [0.15, 0.2) is 73.1 Å². The molecule has 3 aromatic carbocycles. The highest BCUT2D eigenvalue weighted by molar-refractivity contribution is 6.35. The monoisotopic (exact) mass is 493 g/mol. The van der Waals surface area contributed by atoms with Gasteiger partial charge in [-0.2, -0.15) is 23.4 Å². The van der Waals surface area contributed by atoms with Crippen LogP contribution < -0.4 is 0 Å². The number of nitrogens with one attached hydrogen (secondary N) is 1. The van der Waals surface area contributed by atoms with Crippen LogP contribution in [0.4, 0.5) is 13.2 Å². The molecule has 6 rings (SSSR count). The van der Waals surface area contributed by atoms with Gasteiger partial charge >= 0.3 is 6.18 Å². The van der Waals surface area contributed by atoms with Crippen LogP contribution in [0, 0.1) is 0 Å². The molecule has 0 amide bonds. The van der Waals surface area contributed by atoms with Crippen molar-refractivity contribution in [1.82, 2.24) is 35.0 Å². The van der Waals surface area contributed by atoms with Crippen molar-refractivity contribution in [2.24, 2.45) is 0 Å². The van der Waals surface area contributed by atoms with E-state index in [2.05, 4.69) is 25.6 Å². The minimum atomic E-state index is -4.46. The van der Waals surface area contributed by atoms with Crippen molar-refractivity contribution in [3.8, 4) is 16.9 Å². The quantitative estimate of drug-likeness (QED) is 0.332. The maximum absolute atomic E-state index is 13.5. The lowest BCUT2D eigenvalue weighted by Crippen LogP contribution is -2.12. The maximum atomic E-state index is 13.5. The molecule has 0 aliphatic heterocycles. The molecule has 0 aliphatic carbocycles. The van der Waals surface area contributed by atoms with Gasteiger partial charge in [0.15, 0.2) is 0 Å². The molecule has 0 fully saturated rings. The molecule has 0 unspecified atom stereocenters. The number of hydrogen-bond acceptors (Lipinski definition) is 4. The summed E-state index contributed by atoms with van der Waals surface area (Å²) in [5, 5.41) is 21.1. The molecule has 1 N–H and O–H groups in total. The van der Waals surface area contributed by atoms with Gasteiger partial charge < -0.3 is 0 Å². The largest absolute Gasteiger partial charge is 0.416 e. The number of halogens is 4. The third kappa shape index (κ3) is 3.71. The Morgan fingerprint density at radius 3 is 2.71 bits per heavy atom. The fourth-order valence-corrected chi connectivity index (χ4v) is 4.43. The zero-order valence-electron chi connectivity index (χ0n) is 17.8. The number of aromatic amines is 1. The number of benzene rings is 3. The molecule has 174 valence electrons. The second kappa shape index (κ2) is 7.95. The van der Waals surface area contributed by atoms with Crippen LogP contribution in [-0.2, 0) is 12.7 Å². The summed E-state index contributed by atoms with van der Waals surface area (Å²) in [5.41, 5.74) is 3.48. The Balaban J connectivity index is 1.44. The fourth-order valence-electron chi connectivity index (χ4n) is 4.18. The van der Waals surface area contributed by atoms with Gasteiger partial charge in [-0.25, -0.2) is 4.68 Å². The molecule has 0 atom stereocenters. The van der Waals surface area contributed by atoms with Crippen LogP contribution in [0.2, 0.25) is 5.02 Å². The van der Waals surface area contributed by atoms with Crippen molar-refractivity contribution in [3.63, 3.8) is 0 Å². The fraction of sp³-hybridized carbons (Fsp3) is 0.0833. The lowest BCUT2D eigenvalue weighted by Gasteiger charge is -2.14. The summed E-state index contributed by atoms with van der Waals surface area (Å²) >= 11 is 6.54. The first-order valence-corrected chi connectivity index (χ1v) is 10.9. The van der Waals surface area contributed by atoms with Gasteiger partial charge in [0.05, 0.1) is 45.7 Å². The summed E-state index contributed by atoms with van der Waals surface area (Å²) in [4.78, 5) is 0. The van der Waals surface area contributed by atoms with Crippen LogP contribution in [0.1, 0.15) is 11.1 Å². The summed E-state index contributed by atoms with van der Waals surface area (Å²) in [5.74, 6) is 0. The number of hydrogen-bond donors (Lipinski definition) is 1. The highest BCUT2D eigenvalue weighted by Gasteiger charge is 2.33. The number of aromatic nitrogens is 7. The summed E-state index contributed by atoms with van der Waals surface area (Å²) < 4.78 is 43.7. The first kappa shape index (κ1) is 21.4. The maximum Gasteiger partial charge on any atom is 0.416 e. The summed E-state index contributed by atoms with van der Waals surface area (Å²) in [7, 11) is 0. The lowest BCUT2D eigenvalue weighted by molar-refractivity contribution is -0.138. The van der Waals surface area contributed by atoms with E-state index < -0.39 is 11.7 Å². The van der Waals surface area contributed by atoms with Crippen molar-refractivity contribution in [2.75, 3.05) is 0 Å². The molecule has 7 nitrogen and oxygen atoms in total. The predicted octanol–water partition coefficient (Wildman–Crippen LogP) is 5.88.